The van der Waals surface area contributed by atoms with Crippen molar-refractivity contribution in [2.24, 2.45) is 7.05 Å². The summed E-state index contributed by atoms with van der Waals surface area (Å²) in [6, 6.07) is 6.36. The van der Waals surface area contributed by atoms with Gasteiger partial charge in [0.15, 0.2) is 0 Å². The largest absolute Gasteiger partial charge is 0.487 e. The van der Waals surface area contributed by atoms with Gasteiger partial charge in [-0.3, -0.25) is 0 Å². The number of rotatable bonds is 6. The zero-order chi connectivity index (χ0) is 14.5. The van der Waals surface area contributed by atoms with Gasteiger partial charge in [0.25, 0.3) is 0 Å². The van der Waals surface area contributed by atoms with Crippen LogP contribution < -0.4 is 10.1 Å². The van der Waals surface area contributed by atoms with Crippen LogP contribution in [-0.4, -0.2) is 16.1 Å². The molecular weight excluding hydrogens is 318 g/mol. The van der Waals surface area contributed by atoms with Crippen LogP contribution in [0.2, 0.25) is 0 Å². The number of benzene rings is 1. The van der Waals surface area contributed by atoms with Crippen LogP contribution in [-0.2, 0) is 13.7 Å². The number of hydrogen-bond acceptors (Lipinski definition) is 3. The van der Waals surface area contributed by atoms with Crippen molar-refractivity contribution in [2.75, 3.05) is 6.54 Å². The van der Waals surface area contributed by atoms with E-state index in [4.69, 9.17) is 4.74 Å². The van der Waals surface area contributed by atoms with Crippen molar-refractivity contribution < 1.29 is 4.74 Å². The van der Waals surface area contributed by atoms with Crippen LogP contribution in [0, 0.1) is 0 Å². The van der Waals surface area contributed by atoms with Gasteiger partial charge in [-0.15, -0.1) is 0 Å². The Kier molecular flexibility index (Phi) is 5.20. The molecule has 1 atom stereocenters. The van der Waals surface area contributed by atoms with E-state index < -0.39 is 0 Å². The number of aryl methyl sites for hydroxylation is 1. The number of hydrogen-bond donors (Lipinski definition) is 1. The Morgan fingerprint density at radius 2 is 2.25 bits per heavy atom. The second kappa shape index (κ2) is 6.90. The summed E-state index contributed by atoms with van der Waals surface area (Å²) in [7, 11) is 1.97. The molecule has 1 unspecified atom stereocenters. The number of nitrogens with zero attached hydrogens (tertiary/aromatic N) is 2. The van der Waals surface area contributed by atoms with Crippen molar-refractivity contribution in [1.29, 1.82) is 0 Å². The van der Waals surface area contributed by atoms with Crippen molar-refractivity contribution >= 4 is 15.9 Å². The summed E-state index contributed by atoms with van der Waals surface area (Å²) in [6.07, 6.45) is 3.61. The highest BCUT2D eigenvalue weighted by atomic mass is 79.9. The second-order valence-corrected chi connectivity index (χ2v) is 5.66. The first kappa shape index (κ1) is 15.1. The maximum absolute atomic E-state index is 5.96. The molecule has 0 aliphatic carbocycles. The minimum absolute atomic E-state index is 0.249. The summed E-state index contributed by atoms with van der Waals surface area (Å²) in [4.78, 5) is 4.10. The molecule has 1 heterocycles. The van der Waals surface area contributed by atoms with Crippen LogP contribution in [0.1, 0.15) is 31.1 Å². The maximum Gasteiger partial charge on any atom is 0.130 e. The Morgan fingerprint density at radius 1 is 1.45 bits per heavy atom. The molecule has 0 saturated carbocycles. The van der Waals surface area contributed by atoms with Crippen molar-refractivity contribution in [3.8, 4) is 5.75 Å². The lowest BCUT2D eigenvalue weighted by molar-refractivity contribution is 0.291. The average Bonchev–Trinajstić information content (AvgIpc) is 2.83. The molecule has 2 aromatic rings. The van der Waals surface area contributed by atoms with E-state index in [-0.39, 0.29) is 6.04 Å². The van der Waals surface area contributed by atoms with Crippen LogP contribution in [0.4, 0.5) is 0 Å². The van der Waals surface area contributed by atoms with Gasteiger partial charge in [-0.05, 0) is 31.7 Å². The molecule has 0 aliphatic heterocycles. The molecule has 0 bridgehead atoms. The Balaban J connectivity index is 2.16. The SMILES string of the molecule is CCNC(C)c1cc(Br)ccc1OCc1cncn1C. The molecule has 4 nitrogen and oxygen atoms in total. The molecule has 0 fully saturated rings. The molecule has 1 aromatic heterocycles. The van der Waals surface area contributed by atoms with Gasteiger partial charge in [0.1, 0.15) is 12.4 Å². The van der Waals surface area contributed by atoms with E-state index in [0.717, 1.165) is 28.0 Å². The molecule has 1 N–H and O–H groups in total. The maximum atomic E-state index is 5.96. The van der Waals surface area contributed by atoms with Crippen LogP contribution in [0.15, 0.2) is 35.2 Å². The third kappa shape index (κ3) is 3.61. The summed E-state index contributed by atoms with van der Waals surface area (Å²) in [6.45, 7) is 5.69. The van der Waals surface area contributed by atoms with Gasteiger partial charge in [0, 0.05) is 23.1 Å². The first-order chi connectivity index (χ1) is 9.61. The van der Waals surface area contributed by atoms with E-state index in [9.17, 15) is 0 Å². The van der Waals surface area contributed by atoms with E-state index in [2.05, 4.69) is 46.1 Å². The van der Waals surface area contributed by atoms with Gasteiger partial charge >= 0.3 is 0 Å². The van der Waals surface area contributed by atoms with Gasteiger partial charge in [-0.1, -0.05) is 22.9 Å². The number of imidazole rings is 1. The molecule has 0 aliphatic rings. The number of ether oxygens (including phenoxy) is 1. The third-order valence-electron chi connectivity index (χ3n) is 3.24. The fraction of sp³-hybridized carbons (Fsp3) is 0.400. The molecule has 2 rings (SSSR count). The molecule has 1 aromatic carbocycles. The van der Waals surface area contributed by atoms with Crippen molar-refractivity contribution in [3.05, 3.63) is 46.5 Å². The summed E-state index contributed by atoms with van der Waals surface area (Å²) < 4.78 is 8.99. The molecule has 108 valence electrons. The number of halogens is 1. The zero-order valence-electron chi connectivity index (χ0n) is 12.1. The van der Waals surface area contributed by atoms with E-state index in [0.29, 0.717) is 6.61 Å². The molecule has 0 saturated heterocycles. The van der Waals surface area contributed by atoms with Crippen molar-refractivity contribution in [3.63, 3.8) is 0 Å². The summed E-state index contributed by atoms with van der Waals surface area (Å²) in [5.41, 5.74) is 2.21. The van der Waals surface area contributed by atoms with Gasteiger partial charge < -0.3 is 14.6 Å². The van der Waals surface area contributed by atoms with Crippen LogP contribution in [0.5, 0.6) is 5.75 Å². The monoisotopic (exact) mass is 337 g/mol. The first-order valence-electron chi connectivity index (χ1n) is 6.72. The molecule has 0 amide bonds. The highest BCUT2D eigenvalue weighted by Crippen LogP contribution is 2.29. The fourth-order valence-electron chi connectivity index (χ4n) is 2.08. The van der Waals surface area contributed by atoms with E-state index in [1.54, 1.807) is 6.33 Å². The summed E-state index contributed by atoms with van der Waals surface area (Å²) in [5, 5.41) is 3.42. The van der Waals surface area contributed by atoms with Gasteiger partial charge in [0.2, 0.25) is 0 Å². The third-order valence-corrected chi connectivity index (χ3v) is 3.73. The predicted molar refractivity (Wildman–Crippen MR) is 83.8 cm³/mol. The highest BCUT2D eigenvalue weighted by molar-refractivity contribution is 9.10. The second-order valence-electron chi connectivity index (χ2n) is 4.75. The lowest BCUT2D eigenvalue weighted by Gasteiger charge is -2.18. The normalized spacial score (nSPS) is 12.4. The minimum Gasteiger partial charge on any atom is -0.487 e. The molecule has 20 heavy (non-hydrogen) atoms. The summed E-state index contributed by atoms with van der Waals surface area (Å²) in [5.74, 6) is 0.905. The lowest BCUT2D eigenvalue weighted by Crippen LogP contribution is -2.18. The Morgan fingerprint density at radius 3 is 2.90 bits per heavy atom. The van der Waals surface area contributed by atoms with E-state index in [1.807, 2.05) is 29.9 Å². The quantitative estimate of drug-likeness (QED) is 0.877. The van der Waals surface area contributed by atoms with Gasteiger partial charge in [-0.2, -0.15) is 0 Å². The smallest absolute Gasteiger partial charge is 0.130 e. The Bertz CT molecular complexity index is 568. The van der Waals surface area contributed by atoms with Crippen LogP contribution >= 0.6 is 15.9 Å². The van der Waals surface area contributed by atoms with Gasteiger partial charge in [-0.25, -0.2) is 4.98 Å². The van der Waals surface area contributed by atoms with E-state index in [1.165, 1.54) is 0 Å². The van der Waals surface area contributed by atoms with Crippen LogP contribution in [0.25, 0.3) is 0 Å². The Hall–Kier alpha value is -1.33. The Labute approximate surface area is 128 Å². The minimum atomic E-state index is 0.249. The zero-order valence-corrected chi connectivity index (χ0v) is 13.6. The number of nitrogens with one attached hydrogen (secondary N) is 1. The lowest BCUT2D eigenvalue weighted by atomic mass is 10.1. The fourth-order valence-corrected chi connectivity index (χ4v) is 2.46. The van der Waals surface area contributed by atoms with Crippen LogP contribution in [0.3, 0.4) is 0 Å². The van der Waals surface area contributed by atoms with Crippen molar-refractivity contribution in [2.45, 2.75) is 26.5 Å². The topological polar surface area (TPSA) is 39.1 Å². The molecule has 0 spiro atoms. The molecule has 0 radical (unpaired) electrons. The summed E-state index contributed by atoms with van der Waals surface area (Å²) >= 11 is 3.52. The standard InChI is InChI=1S/C15H20BrN3O/c1-4-18-11(2)14-7-12(16)5-6-15(14)20-9-13-8-17-10-19(13)3/h5-8,10-11,18H,4,9H2,1-3H3. The number of aromatic nitrogens is 2. The highest BCUT2D eigenvalue weighted by Gasteiger charge is 2.12. The molecule has 5 heteroatoms. The van der Waals surface area contributed by atoms with Crippen molar-refractivity contribution in [1.82, 2.24) is 14.9 Å². The predicted octanol–water partition coefficient (Wildman–Crippen LogP) is 3.43. The first-order valence-corrected chi connectivity index (χ1v) is 7.52. The average molecular weight is 338 g/mol. The molecular formula is C15H20BrN3O. The van der Waals surface area contributed by atoms with Gasteiger partial charge in [0.05, 0.1) is 18.2 Å². The van der Waals surface area contributed by atoms with E-state index >= 15 is 0 Å².